The van der Waals surface area contributed by atoms with Gasteiger partial charge in [0, 0.05) is 23.3 Å². The topological polar surface area (TPSA) is 12.4 Å². The highest BCUT2D eigenvalue weighted by molar-refractivity contribution is 6.34. The number of halogens is 1. The maximum atomic E-state index is 5.92. The monoisotopic (exact) mass is 167 g/mol. The third-order valence-corrected chi connectivity index (χ3v) is 1.93. The van der Waals surface area contributed by atoms with Crippen molar-refractivity contribution in [1.82, 2.24) is 0 Å². The van der Waals surface area contributed by atoms with Crippen LogP contribution in [-0.4, -0.2) is 12.8 Å². The molecule has 0 radical (unpaired) electrons. The Morgan fingerprint density at radius 3 is 2.55 bits per heavy atom. The van der Waals surface area contributed by atoms with Gasteiger partial charge in [0.15, 0.2) is 0 Å². The van der Waals surface area contributed by atoms with Crippen LogP contribution < -0.4 is 0 Å². The first-order valence-corrected chi connectivity index (χ1v) is 3.82. The number of hydrogen-bond acceptors (Lipinski definition) is 1. The summed E-state index contributed by atoms with van der Waals surface area (Å²) < 4.78 is 0. The molecule has 0 fully saturated rings. The van der Waals surface area contributed by atoms with Gasteiger partial charge >= 0.3 is 0 Å². The third kappa shape index (κ3) is 1.81. The first-order valence-electron chi connectivity index (χ1n) is 3.44. The van der Waals surface area contributed by atoms with Crippen LogP contribution in [0.25, 0.3) is 0 Å². The Bertz CT molecular complexity index is 279. The van der Waals surface area contributed by atoms with Gasteiger partial charge in [0.2, 0.25) is 0 Å². The van der Waals surface area contributed by atoms with E-state index in [1.54, 1.807) is 7.05 Å². The number of hydrogen-bond donors (Lipinski definition) is 0. The molecule has 0 aromatic heterocycles. The Balaban J connectivity index is 3.14. The highest BCUT2D eigenvalue weighted by atomic mass is 35.5. The molecule has 0 unspecified atom stereocenters. The SMILES string of the molecule is CN=C(C)c1ccccc1Cl. The lowest BCUT2D eigenvalue weighted by molar-refractivity contribution is 1.41. The molecule has 0 aliphatic carbocycles. The van der Waals surface area contributed by atoms with Gasteiger partial charge in [-0.05, 0) is 13.0 Å². The summed E-state index contributed by atoms with van der Waals surface area (Å²) in [6.45, 7) is 1.95. The van der Waals surface area contributed by atoms with E-state index in [0.717, 1.165) is 16.3 Å². The molecule has 0 aliphatic heterocycles. The van der Waals surface area contributed by atoms with Crippen LogP contribution in [0.4, 0.5) is 0 Å². The molecule has 0 bridgehead atoms. The van der Waals surface area contributed by atoms with Crippen molar-refractivity contribution in [3.63, 3.8) is 0 Å². The molecule has 11 heavy (non-hydrogen) atoms. The summed E-state index contributed by atoms with van der Waals surface area (Å²) in [6.07, 6.45) is 0. The van der Waals surface area contributed by atoms with E-state index in [-0.39, 0.29) is 0 Å². The third-order valence-electron chi connectivity index (χ3n) is 1.60. The van der Waals surface area contributed by atoms with Gasteiger partial charge in [-0.3, -0.25) is 4.99 Å². The second kappa shape index (κ2) is 3.54. The summed E-state index contributed by atoms with van der Waals surface area (Å²) >= 11 is 5.92. The van der Waals surface area contributed by atoms with Crippen LogP contribution in [0, 0.1) is 0 Å². The van der Waals surface area contributed by atoms with Gasteiger partial charge in [0.1, 0.15) is 0 Å². The van der Waals surface area contributed by atoms with Crippen molar-refractivity contribution in [2.75, 3.05) is 7.05 Å². The first-order chi connectivity index (χ1) is 5.25. The Kier molecular flexibility index (Phi) is 2.66. The Labute approximate surface area is 71.7 Å². The molecular weight excluding hydrogens is 158 g/mol. The summed E-state index contributed by atoms with van der Waals surface area (Å²) in [5.74, 6) is 0. The van der Waals surface area contributed by atoms with E-state index in [4.69, 9.17) is 11.6 Å². The smallest absolute Gasteiger partial charge is 0.0496 e. The zero-order valence-corrected chi connectivity index (χ0v) is 7.39. The Morgan fingerprint density at radius 1 is 1.36 bits per heavy atom. The zero-order chi connectivity index (χ0) is 8.27. The Hall–Kier alpha value is -0.820. The van der Waals surface area contributed by atoms with Crippen LogP contribution in [0.2, 0.25) is 5.02 Å². The lowest BCUT2D eigenvalue weighted by Gasteiger charge is -2.00. The molecule has 1 rings (SSSR count). The van der Waals surface area contributed by atoms with Crippen LogP contribution in [0.15, 0.2) is 29.3 Å². The maximum absolute atomic E-state index is 5.92. The molecule has 0 saturated carbocycles. The summed E-state index contributed by atoms with van der Waals surface area (Å²) in [7, 11) is 1.76. The van der Waals surface area contributed by atoms with Crippen LogP contribution in [0.3, 0.4) is 0 Å². The highest BCUT2D eigenvalue weighted by Gasteiger charge is 1.99. The van der Waals surface area contributed by atoms with Crippen molar-refractivity contribution in [2.45, 2.75) is 6.92 Å². The summed E-state index contributed by atoms with van der Waals surface area (Å²) in [5.41, 5.74) is 1.98. The minimum Gasteiger partial charge on any atom is -0.293 e. The number of benzene rings is 1. The zero-order valence-electron chi connectivity index (χ0n) is 6.63. The second-order valence-corrected chi connectivity index (χ2v) is 2.70. The summed E-state index contributed by atoms with van der Waals surface area (Å²) in [6, 6.07) is 7.70. The quantitative estimate of drug-likeness (QED) is 0.571. The number of nitrogens with zero attached hydrogens (tertiary/aromatic N) is 1. The fourth-order valence-corrected chi connectivity index (χ4v) is 1.15. The predicted molar refractivity (Wildman–Crippen MR) is 49.6 cm³/mol. The largest absolute Gasteiger partial charge is 0.293 e. The molecule has 0 saturated heterocycles. The lowest BCUT2D eigenvalue weighted by atomic mass is 10.1. The van der Waals surface area contributed by atoms with Crippen LogP contribution in [0.5, 0.6) is 0 Å². The summed E-state index contributed by atoms with van der Waals surface area (Å²) in [5, 5.41) is 0.760. The fourth-order valence-electron chi connectivity index (χ4n) is 0.875. The lowest BCUT2D eigenvalue weighted by Crippen LogP contribution is -1.94. The minimum absolute atomic E-state index is 0.760. The first kappa shape index (κ1) is 8.28. The second-order valence-electron chi connectivity index (χ2n) is 2.29. The molecule has 0 atom stereocenters. The van der Waals surface area contributed by atoms with E-state index in [2.05, 4.69) is 4.99 Å². The fraction of sp³-hybridized carbons (Fsp3) is 0.222. The molecule has 0 spiro atoms. The van der Waals surface area contributed by atoms with Crippen LogP contribution in [-0.2, 0) is 0 Å². The van der Waals surface area contributed by atoms with Crippen molar-refractivity contribution in [2.24, 2.45) is 4.99 Å². The van der Waals surface area contributed by atoms with E-state index >= 15 is 0 Å². The molecule has 0 heterocycles. The van der Waals surface area contributed by atoms with Crippen molar-refractivity contribution in [3.8, 4) is 0 Å². The van der Waals surface area contributed by atoms with E-state index in [1.807, 2.05) is 31.2 Å². The molecular formula is C9H10ClN. The standard InChI is InChI=1S/C9H10ClN/c1-7(11-2)8-5-3-4-6-9(8)10/h3-6H,1-2H3. The maximum Gasteiger partial charge on any atom is 0.0496 e. The van der Waals surface area contributed by atoms with Gasteiger partial charge < -0.3 is 0 Å². The van der Waals surface area contributed by atoms with Gasteiger partial charge in [0.25, 0.3) is 0 Å². The van der Waals surface area contributed by atoms with Crippen molar-refractivity contribution >= 4 is 17.3 Å². The molecule has 0 N–H and O–H groups in total. The predicted octanol–water partition coefficient (Wildman–Crippen LogP) is 2.78. The van der Waals surface area contributed by atoms with Gasteiger partial charge in [-0.15, -0.1) is 0 Å². The Morgan fingerprint density at radius 2 is 2.00 bits per heavy atom. The molecule has 1 aromatic rings. The average molecular weight is 168 g/mol. The highest BCUT2D eigenvalue weighted by Crippen LogP contribution is 2.15. The van der Waals surface area contributed by atoms with Crippen LogP contribution in [0.1, 0.15) is 12.5 Å². The van der Waals surface area contributed by atoms with Crippen LogP contribution >= 0.6 is 11.6 Å². The number of rotatable bonds is 1. The van der Waals surface area contributed by atoms with Gasteiger partial charge in [-0.2, -0.15) is 0 Å². The minimum atomic E-state index is 0.760. The van der Waals surface area contributed by atoms with Gasteiger partial charge in [-0.25, -0.2) is 0 Å². The van der Waals surface area contributed by atoms with Crippen molar-refractivity contribution in [3.05, 3.63) is 34.9 Å². The van der Waals surface area contributed by atoms with E-state index in [9.17, 15) is 0 Å². The van der Waals surface area contributed by atoms with Crippen molar-refractivity contribution in [1.29, 1.82) is 0 Å². The van der Waals surface area contributed by atoms with E-state index < -0.39 is 0 Å². The molecule has 0 aliphatic rings. The molecule has 1 nitrogen and oxygen atoms in total. The number of aliphatic imine (C=N–C) groups is 1. The van der Waals surface area contributed by atoms with Gasteiger partial charge in [0.05, 0.1) is 0 Å². The molecule has 0 amide bonds. The average Bonchev–Trinajstić information content (AvgIpc) is 2.04. The molecule has 2 heteroatoms. The van der Waals surface area contributed by atoms with E-state index in [0.29, 0.717) is 0 Å². The van der Waals surface area contributed by atoms with E-state index in [1.165, 1.54) is 0 Å². The normalized spacial score (nSPS) is 11.7. The summed E-state index contributed by atoms with van der Waals surface area (Å²) in [4.78, 5) is 4.05. The van der Waals surface area contributed by atoms with Crippen molar-refractivity contribution < 1.29 is 0 Å². The molecule has 1 aromatic carbocycles. The van der Waals surface area contributed by atoms with Gasteiger partial charge in [-0.1, -0.05) is 29.8 Å². The molecule has 58 valence electrons.